The number of amides is 2. The van der Waals surface area contributed by atoms with E-state index in [-0.39, 0.29) is 29.8 Å². The van der Waals surface area contributed by atoms with Crippen molar-refractivity contribution in [1.82, 2.24) is 10.6 Å². The van der Waals surface area contributed by atoms with Crippen LogP contribution in [0.3, 0.4) is 0 Å². The maximum absolute atomic E-state index is 13.1. The second-order valence-electron chi connectivity index (χ2n) is 6.94. The molecule has 0 fully saturated rings. The fourth-order valence-corrected chi connectivity index (χ4v) is 3.04. The molecule has 2 aromatic carbocycles. The number of benzene rings is 2. The van der Waals surface area contributed by atoms with Crippen molar-refractivity contribution in [2.75, 3.05) is 7.11 Å². The third-order valence-corrected chi connectivity index (χ3v) is 4.56. The van der Waals surface area contributed by atoms with Gasteiger partial charge in [-0.25, -0.2) is 9.18 Å². The molecule has 0 radical (unpaired) electrons. The Morgan fingerprint density at radius 3 is 2.28 bits per heavy atom. The van der Waals surface area contributed by atoms with Crippen LogP contribution in [0.2, 0.25) is 0 Å². The van der Waals surface area contributed by atoms with E-state index >= 15 is 0 Å². The van der Waals surface area contributed by atoms with Crippen LogP contribution in [0.4, 0.5) is 10.1 Å². The first-order valence-electron chi connectivity index (χ1n) is 9.46. The number of aliphatic carboxylic acids is 1. The van der Waals surface area contributed by atoms with E-state index in [1.165, 1.54) is 56.5 Å². The van der Waals surface area contributed by atoms with Gasteiger partial charge in [-0.05, 0) is 23.8 Å². The zero-order valence-electron chi connectivity index (χ0n) is 17.3. The van der Waals surface area contributed by atoms with Gasteiger partial charge in [0.2, 0.25) is 11.8 Å². The van der Waals surface area contributed by atoms with Gasteiger partial charge in [0.25, 0.3) is 5.69 Å². The summed E-state index contributed by atoms with van der Waals surface area (Å²) in [6, 6.07) is 6.44. The lowest BCUT2D eigenvalue weighted by Gasteiger charge is -2.21. The van der Waals surface area contributed by atoms with Gasteiger partial charge in [-0.15, -0.1) is 0 Å². The van der Waals surface area contributed by atoms with Crippen LogP contribution in [0.1, 0.15) is 18.1 Å². The second-order valence-corrected chi connectivity index (χ2v) is 6.94. The fourth-order valence-electron chi connectivity index (χ4n) is 3.04. The molecule has 0 unspecified atom stereocenters. The molecule has 2 aromatic rings. The molecular formula is C21H22FN3O7. The minimum atomic E-state index is -1.46. The van der Waals surface area contributed by atoms with Crippen LogP contribution < -0.4 is 15.4 Å². The number of ether oxygens (including phenoxy) is 1. The zero-order valence-corrected chi connectivity index (χ0v) is 17.3. The molecule has 0 aliphatic carbocycles. The Morgan fingerprint density at radius 1 is 1.09 bits per heavy atom. The average molecular weight is 447 g/mol. The molecular weight excluding hydrogens is 425 g/mol. The van der Waals surface area contributed by atoms with E-state index in [1.54, 1.807) is 0 Å². The molecule has 0 heterocycles. The van der Waals surface area contributed by atoms with E-state index in [0.717, 1.165) is 0 Å². The number of nitro groups is 1. The van der Waals surface area contributed by atoms with Gasteiger partial charge < -0.3 is 20.5 Å². The molecule has 0 saturated heterocycles. The van der Waals surface area contributed by atoms with Gasteiger partial charge in [0.1, 0.15) is 23.7 Å². The van der Waals surface area contributed by atoms with Crippen LogP contribution in [0, 0.1) is 15.9 Å². The maximum Gasteiger partial charge on any atom is 0.326 e. The highest BCUT2D eigenvalue weighted by Gasteiger charge is 2.28. The average Bonchev–Trinajstić information content (AvgIpc) is 2.73. The van der Waals surface area contributed by atoms with Crippen molar-refractivity contribution < 1.29 is 33.5 Å². The van der Waals surface area contributed by atoms with Crippen molar-refractivity contribution in [2.24, 2.45) is 0 Å². The van der Waals surface area contributed by atoms with Crippen molar-refractivity contribution in [1.29, 1.82) is 0 Å². The van der Waals surface area contributed by atoms with Gasteiger partial charge in [0.05, 0.1) is 12.0 Å². The standard InChI is InChI=1S/C21H22FN3O7/c1-12(26)23-17(9-13-3-5-15(22)6-4-13)20(27)24-18(21(28)29)11-14-10-16(25(30)31)7-8-19(14)32-2/h3-8,10,17-18H,9,11H2,1-2H3,(H,23,26)(H,24,27)(H,28,29)/t17-,18-/m1/s1. The van der Waals surface area contributed by atoms with Gasteiger partial charge in [-0.3, -0.25) is 19.7 Å². The van der Waals surface area contributed by atoms with Crippen molar-refractivity contribution in [2.45, 2.75) is 31.8 Å². The largest absolute Gasteiger partial charge is 0.496 e. The molecule has 0 bridgehead atoms. The molecule has 0 aromatic heterocycles. The Kier molecular flexibility index (Phi) is 8.22. The Bertz CT molecular complexity index is 1010. The summed E-state index contributed by atoms with van der Waals surface area (Å²) in [5.74, 6) is -2.91. The molecule has 2 rings (SSSR count). The summed E-state index contributed by atoms with van der Waals surface area (Å²) in [4.78, 5) is 46.5. The SMILES string of the molecule is COc1ccc([N+](=O)[O-])cc1C[C@@H](NC(=O)[C@@H](Cc1ccc(F)cc1)NC(C)=O)C(=O)O. The van der Waals surface area contributed by atoms with Gasteiger partial charge >= 0.3 is 5.97 Å². The summed E-state index contributed by atoms with van der Waals surface area (Å²) in [7, 11) is 1.33. The molecule has 0 aliphatic rings. The lowest BCUT2D eigenvalue weighted by molar-refractivity contribution is -0.384. The lowest BCUT2D eigenvalue weighted by Crippen LogP contribution is -2.52. The van der Waals surface area contributed by atoms with E-state index < -0.39 is 40.6 Å². The van der Waals surface area contributed by atoms with Crippen LogP contribution in [0.25, 0.3) is 0 Å². The predicted molar refractivity (Wildman–Crippen MR) is 111 cm³/mol. The van der Waals surface area contributed by atoms with E-state index in [9.17, 15) is 34.0 Å². The summed E-state index contributed by atoms with van der Waals surface area (Å²) >= 11 is 0. The van der Waals surface area contributed by atoms with Crippen LogP contribution in [0.15, 0.2) is 42.5 Å². The van der Waals surface area contributed by atoms with Crippen molar-refractivity contribution in [3.8, 4) is 5.75 Å². The fraction of sp³-hybridized carbons (Fsp3) is 0.286. The molecule has 2 amide bonds. The number of nitrogens with one attached hydrogen (secondary N) is 2. The van der Waals surface area contributed by atoms with Crippen LogP contribution in [0.5, 0.6) is 5.75 Å². The van der Waals surface area contributed by atoms with Gasteiger partial charge in [-0.2, -0.15) is 0 Å². The zero-order chi connectivity index (χ0) is 23.8. The number of carboxylic acids is 1. The number of carbonyl (C=O) groups is 3. The smallest absolute Gasteiger partial charge is 0.326 e. The number of carboxylic acid groups (broad SMARTS) is 1. The van der Waals surface area contributed by atoms with E-state index in [1.807, 2.05) is 0 Å². The third-order valence-electron chi connectivity index (χ3n) is 4.56. The molecule has 11 heteroatoms. The third kappa shape index (κ3) is 6.76. The number of nitrogens with zero attached hydrogens (tertiary/aromatic N) is 1. The van der Waals surface area contributed by atoms with Gasteiger partial charge in [-0.1, -0.05) is 12.1 Å². The first-order chi connectivity index (χ1) is 15.1. The van der Waals surface area contributed by atoms with Gasteiger partial charge in [0, 0.05) is 37.5 Å². The highest BCUT2D eigenvalue weighted by molar-refractivity contribution is 5.90. The van der Waals surface area contributed by atoms with Crippen LogP contribution >= 0.6 is 0 Å². The summed E-state index contributed by atoms with van der Waals surface area (Å²) in [5.41, 5.74) is 0.500. The molecule has 10 nitrogen and oxygen atoms in total. The number of carbonyl (C=O) groups excluding carboxylic acids is 2. The van der Waals surface area contributed by atoms with Crippen molar-refractivity contribution >= 4 is 23.5 Å². The molecule has 32 heavy (non-hydrogen) atoms. The number of halogens is 1. The van der Waals surface area contributed by atoms with E-state index in [4.69, 9.17) is 4.74 Å². The Morgan fingerprint density at radius 2 is 1.75 bits per heavy atom. The Labute approximate surface area is 182 Å². The van der Waals surface area contributed by atoms with Crippen LogP contribution in [-0.2, 0) is 27.2 Å². The number of methoxy groups -OCH3 is 1. The Hall–Kier alpha value is -4.02. The van der Waals surface area contributed by atoms with Crippen molar-refractivity contribution in [3.63, 3.8) is 0 Å². The minimum Gasteiger partial charge on any atom is -0.496 e. The normalized spacial score (nSPS) is 12.3. The topological polar surface area (TPSA) is 148 Å². The number of hydrogen-bond acceptors (Lipinski definition) is 6. The second kappa shape index (κ2) is 10.8. The summed E-state index contributed by atoms with van der Waals surface area (Å²) in [6.07, 6.45) is -0.298. The van der Waals surface area contributed by atoms with Gasteiger partial charge in [0.15, 0.2) is 0 Å². The minimum absolute atomic E-state index is 0.00182. The number of hydrogen-bond donors (Lipinski definition) is 3. The lowest BCUT2D eigenvalue weighted by atomic mass is 10.0. The van der Waals surface area contributed by atoms with E-state index in [2.05, 4.69) is 10.6 Å². The monoisotopic (exact) mass is 447 g/mol. The Balaban J connectivity index is 2.24. The number of non-ortho nitro benzene ring substituents is 1. The highest BCUT2D eigenvalue weighted by Crippen LogP contribution is 2.25. The summed E-state index contributed by atoms with van der Waals surface area (Å²) in [6.45, 7) is 1.20. The molecule has 0 saturated carbocycles. The highest BCUT2D eigenvalue weighted by atomic mass is 19.1. The number of rotatable bonds is 10. The molecule has 170 valence electrons. The van der Waals surface area contributed by atoms with Crippen LogP contribution in [-0.4, -0.2) is 47.0 Å². The quantitative estimate of drug-likeness (QED) is 0.370. The predicted octanol–water partition coefficient (Wildman–Crippen LogP) is 1.60. The number of nitro benzene ring substituents is 1. The maximum atomic E-state index is 13.1. The first kappa shape index (κ1) is 24.3. The summed E-state index contributed by atoms with van der Waals surface area (Å²) in [5, 5.41) is 25.4. The first-order valence-corrected chi connectivity index (χ1v) is 9.46. The van der Waals surface area contributed by atoms with Crippen molar-refractivity contribution in [3.05, 3.63) is 69.5 Å². The summed E-state index contributed by atoms with van der Waals surface area (Å²) < 4.78 is 18.3. The van der Waals surface area contributed by atoms with E-state index in [0.29, 0.717) is 5.56 Å². The molecule has 0 aliphatic heterocycles. The molecule has 0 spiro atoms. The molecule has 3 N–H and O–H groups in total. The molecule has 2 atom stereocenters.